The fourth-order valence-corrected chi connectivity index (χ4v) is 1.23. The molecule has 0 aromatic heterocycles. The van der Waals surface area contributed by atoms with Crippen molar-refractivity contribution in [3.63, 3.8) is 0 Å². The third-order valence-electron chi connectivity index (χ3n) is 2.12. The van der Waals surface area contributed by atoms with E-state index in [2.05, 4.69) is 20.4 Å². The van der Waals surface area contributed by atoms with Crippen molar-refractivity contribution >= 4 is 0 Å². The van der Waals surface area contributed by atoms with Gasteiger partial charge in [-0.05, 0) is 26.2 Å². The molecule has 0 rings (SSSR count). The smallest absolute Gasteiger partial charge is 0.00418 e. The zero-order chi connectivity index (χ0) is 9.40. The molecule has 0 aliphatic rings. The topological polar surface area (TPSA) is 26.0 Å². The lowest BCUT2D eigenvalue weighted by Crippen LogP contribution is -2.19. The third kappa shape index (κ3) is 7.80. The first-order chi connectivity index (χ1) is 5.66. The fraction of sp³-hybridized carbons (Fsp3) is 0.818. The van der Waals surface area contributed by atoms with Gasteiger partial charge in [-0.1, -0.05) is 31.8 Å². The van der Waals surface area contributed by atoms with Crippen LogP contribution in [-0.2, 0) is 0 Å². The maximum Gasteiger partial charge on any atom is 0.00418 e. The van der Waals surface area contributed by atoms with Crippen LogP contribution in [0.3, 0.4) is 0 Å². The van der Waals surface area contributed by atoms with E-state index < -0.39 is 0 Å². The summed E-state index contributed by atoms with van der Waals surface area (Å²) >= 11 is 0. The molecular weight excluding hydrogens is 146 g/mol. The largest absolute Gasteiger partial charge is 0.328 e. The second kappa shape index (κ2) is 7.35. The molecule has 12 heavy (non-hydrogen) atoms. The predicted molar refractivity (Wildman–Crippen MR) is 56.2 cm³/mol. The molecule has 0 radical (unpaired) electrons. The molecule has 72 valence electrons. The average molecular weight is 169 g/mol. The van der Waals surface area contributed by atoms with Crippen molar-refractivity contribution in [3.05, 3.63) is 12.2 Å². The van der Waals surface area contributed by atoms with Crippen molar-refractivity contribution in [2.24, 2.45) is 5.73 Å². The minimum atomic E-state index is 0.397. The highest BCUT2D eigenvalue weighted by Crippen LogP contribution is 2.09. The Morgan fingerprint density at radius 2 is 2.00 bits per heavy atom. The van der Waals surface area contributed by atoms with E-state index in [1.807, 2.05) is 0 Å². The number of hydrogen-bond acceptors (Lipinski definition) is 1. The first-order valence-electron chi connectivity index (χ1n) is 5.06. The molecule has 0 bridgehead atoms. The molecule has 0 aromatic rings. The number of allylic oxidation sites excluding steroid dienone is 1. The minimum Gasteiger partial charge on any atom is -0.328 e. The van der Waals surface area contributed by atoms with E-state index in [0.29, 0.717) is 6.04 Å². The van der Waals surface area contributed by atoms with Crippen LogP contribution in [0.25, 0.3) is 0 Å². The Morgan fingerprint density at radius 3 is 2.50 bits per heavy atom. The molecular formula is C11H23N. The fourth-order valence-electron chi connectivity index (χ4n) is 1.23. The number of hydrogen-bond donors (Lipinski definition) is 1. The van der Waals surface area contributed by atoms with Gasteiger partial charge >= 0.3 is 0 Å². The Labute approximate surface area is 77.0 Å². The Balaban J connectivity index is 3.21. The first-order valence-corrected chi connectivity index (χ1v) is 5.06. The Bertz CT molecular complexity index is 118. The molecule has 0 aliphatic carbocycles. The second-order valence-corrected chi connectivity index (χ2v) is 3.75. The van der Waals surface area contributed by atoms with Crippen LogP contribution in [-0.4, -0.2) is 6.04 Å². The number of rotatable bonds is 7. The summed E-state index contributed by atoms with van der Waals surface area (Å²) in [5.41, 5.74) is 7.17. The van der Waals surface area contributed by atoms with Crippen LogP contribution in [0.1, 0.15) is 52.4 Å². The highest BCUT2D eigenvalue weighted by molar-refractivity contribution is 4.88. The highest BCUT2D eigenvalue weighted by atomic mass is 14.6. The van der Waals surface area contributed by atoms with Gasteiger partial charge in [0.1, 0.15) is 0 Å². The zero-order valence-electron chi connectivity index (χ0n) is 8.60. The van der Waals surface area contributed by atoms with Crippen molar-refractivity contribution in [1.82, 2.24) is 0 Å². The van der Waals surface area contributed by atoms with E-state index in [9.17, 15) is 0 Å². The van der Waals surface area contributed by atoms with Gasteiger partial charge in [0.15, 0.2) is 0 Å². The van der Waals surface area contributed by atoms with Gasteiger partial charge < -0.3 is 5.73 Å². The van der Waals surface area contributed by atoms with Crippen LogP contribution < -0.4 is 5.73 Å². The van der Waals surface area contributed by atoms with Gasteiger partial charge in [0.05, 0.1) is 0 Å². The molecule has 0 spiro atoms. The molecule has 0 saturated carbocycles. The van der Waals surface area contributed by atoms with Crippen molar-refractivity contribution in [3.8, 4) is 0 Å². The van der Waals surface area contributed by atoms with Crippen molar-refractivity contribution in [2.45, 2.75) is 58.4 Å². The van der Waals surface area contributed by atoms with Gasteiger partial charge in [-0.3, -0.25) is 0 Å². The van der Waals surface area contributed by atoms with E-state index in [0.717, 1.165) is 12.8 Å². The van der Waals surface area contributed by atoms with Gasteiger partial charge in [-0.15, -0.1) is 6.58 Å². The van der Waals surface area contributed by atoms with Crippen molar-refractivity contribution < 1.29 is 0 Å². The Hall–Kier alpha value is -0.300. The Kier molecular flexibility index (Phi) is 7.17. The summed E-state index contributed by atoms with van der Waals surface area (Å²) in [4.78, 5) is 0. The molecule has 1 heteroatoms. The average Bonchev–Trinajstić information content (AvgIpc) is 2.01. The van der Waals surface area contributed by atoms with Crippen LogP contribution >= 0.6 is 0 Å². The van der Waals surface area contributed by atoms with Gasteiger partial charge in [0.2, 0.25) is 0 Å². The van der Waals surface area contributed by atoms with Crippen LogP contribution in [0.4, 0.5) is 0 Å². The first kappa shape index (κ1) is 11.7. The molecule has 0 heterocycles. The molecule has 1 unspecified atom stereocenters. The molecule has 0 aromatic carbocycles. The van der Waals surface area contributed by atoms with Crippen molar-refractivity contribution in [1.29, 1.82) is 0 Å². The summed E-state index contributed by atoms with van der Waals surface area (Å²) in [5.74, 6) is 0. The normalized spacial score (nSPS) is 12.9. The summed E-state index contributed by atoms with van der Waals surface area (Å²) in [6, 6.07) is 0.397. The quantitative estimate of drug-likeness (QED) is 0.459. The minimum absolute atomic E-state index is 0.397. The summed E-state index contributed by atoms with van der Waals surface area (Å²) in [6.07, 6.45) is 7.27. The SMILES string of the molecule is C=C(C)CCC(N)CCCCC. The molecule has 0 fully saturated rings. The third-order valence-corrected chi connectivity index (χ3v) is 2.12. The van der Waals surface area contributed by atoms with Crippen molar-refractivity contribution in [2.75, 3.05) is 0 Å². The van der Waals surface area contributed by atoms with E-state index in [1.54, 1.807) is 0 Å². The summed E-state index contributed by atoms with van der Waals surface area (Å²) in [6.45, 7) is 8.16. The maximum absolute atomic E-state index is 5.92. The van der Waals surface area contributed by atoms with Gasteiger partial charge in [-0.2, -0.15) is 0 Å². The second-order valence-electron chi connectivity index (χ2n) is 3.75. The van der Waals surface area contributed by atoms with E-state index in [1.165, 1.54) is 31.3 Å². The van der Waals surface area contributed by atoms with Gasteiger partial charge in [-0.25, -0.2) is 0 Å². The molecule has 0 amide bonds. The van der Waals surface area contributed by atoms with Crippen LogP contribution in [0.15, 0.2) is 12.2 Å². The van der Waals surface area contributed by atoms with E-state index in [4.69, 9.17) is 5.73 Å². The van der Waals surface area contributed by atoms with Crippen LogP contribution in [0, 0.1) is 0 Å². The molecule has 0 aliphatic heterocycles. The summed E-state index contributed by atoms with van der Waals surface area (Å²) in [5, 5.41) is 0. The van der Waals surface area contributed by atoms with E-state index >= 15 is 0 Å². The molecule has 0 saturated heterocycles. The summed E-state index contributed by atoms with van der Waals surface area (Å²) < 4.78 is 0. The molecule has 1 nitrogen and oxygen atoms in total. The molecule has 2 N–H and O–H groups in total. The lowest BCUT2D eigenvalue weighted by molar-refractivity contribution is 0.529. The van der Waals surface area contributed by atoms with Gasteiger partial charge in [0, 0.05) is 6.04 Å². The number of nitrogens with two attached hydrogens (primary N) is 1. The summed E-state index contributed by atoms with van der Waals surface area (Å²) in [7, 11) is 0. The maximum atomic E-state index is 5.92. The predicted octanol–water partition coefficient (Wildman–Crippen LogP) is 3.25. The number of unbranched alkanes of at least 4 members (excludes halogenated alkanes) is 2. The monoisotopic (exact) mass is 169 g/mol. The van der Waals surface area contributed by atoms with Crippen LogP contribution in [0.5, 0.6) is 0 Å². The lowest BCUT2D eigenvalue weighted by atomic mass is 10.0. The lowest BCUT2D eigenvalue weighted by Gasteiger charge is -2.10. The van der Waals surface area contributed by atoms with E-state index in [-0.39, 0.29) is 0 Å². The standard InChI is InChI=1S/C11H23N/c1-4-5-6-7-11(12)9-8-10(2)3/h11H,2,4-9,12H2,1,3H3. The Morgan fingerprint density at radius 1 is 1.33 bits per heavy atom. The van der Waals surface area contributed by atoms with Gasteiger partial charge in [0.25, 0.3) is 0 Å². The van der Waals surface area contributed by atoms with Crippen LogP contribution in [0.2, 0.25) is 0 Å². The molecule has 1 atom stereocenters. The zero-order valence-corrected chi connectivity index (χ0v) is 8.60. The highest BCUT2D eigenvalue weighted by Gasteiger charge is 2.01.